The first-order valence-electron chi connectivity index (χ1n) is 12.6. The Morgan fingerprint density at radius 1 is 1.16 bits per heavy atom. The van der Waals surface area contributed by atoms with E-state index >= 15 is 4.39 Å². The maximum atomic E-state index is 15.5. The molecule has 5 N–H and O–H groups in total. The van der Waals surface area contributed by atoms with E-state index in [4.69, 9.17) is 17.3 Å². The van der Waals surface area contributed by atoms with Crippen molar-refractivity contribution in [3.8, 4) is 0 Å². The monoisotopic (exact) mass is 536 g/mol. The molecule has 0 bridgehead atoms. The van der Waals surface area contributed by atoms with E-state index in [-0.39, 0.29) is 24.2 Å². The zero-order chi connectivity index (χ0) is 27.3. The lowest BCUT2D eigenvalue weighted by atomic mass is 9.87. The number of nitrogen functional groups attached to an aromatic ring is 1. The van der Waals surface area contributed by atoms with Gasteiger partial charge in [-0.1, -0.05) is 48.0 Å². The minimum atomic E-state index is -0.540. The van der Waals surface area contributed by atoms with E-state index in [0.717, 1.165) is 11.3 Å². The van der Waals surface area contributed by atoms with E-state index in [0.29, 0.717) is 41.6 Å². The van der Waals surface area contributed by atoms with Gasteiger partial charge in [-0.3, -0.25) is 9.69 Å². The van der Waals surface area contributed by atoms with Crippen LogP contribution in [0.1, 0.15) is 30.9 Å². The number of hydrogen-bond donors (Lipinski definition) is 4. The third-order valence-corrected chi connectivity index (χ3v) is 7.37. The van der Waals surface area contributed by atoms with E-state index in [2.05, 4.69) is 15.5 Å². The fraction of sp³-hybridized carbons (Fsp3) is 0.300. The van der Waals surface area contributed by atoms with Crippen LogP contribution in [0.5, 0.6) is 0 Å². The van der Waals surface area contributed by atoms with Crippen LogP contribution in [0, 0.1) is 11.7 Å². The van der Waals surface area contributed by atoms with E-state index in [1.807, 2.05) is 56.3 Å². The molecule has 2 unspecified atom stereocenters. The van der Waals surface area contributed by atoms with Crippen LogP contribution in [0.25, 0.3) is 6.08 Å². The van der Waals surface area contributed by atoms with Crippen LogP contribution in [0.3, 0.4) is 0 Å². The highest BCUT2D eigenvalue weighted by atomic mass is 35.5. The van der Waals surface area contributed by atoms with Gasteiger partial charge in [0.2, 0.25) is 5.91 Å². The molecule has 0 aliphatic carbocycles. The van der Waals surface area contributed by atoms with Gasteiger partial charge in [0.05, 0.1) is 23.9 Å². The Morgan fingerprint density at radius 3 is 2.58 bits per heavy atom. The van der Waals surface area contributed by atoms with E-state index in [1.165, 1.54) is 6.07 Å². The Labute approximate surface area is 228 Å². The highest BCUT2D eigenvalue weighted by Crippen LogP contribution is 2.38. The number of aliphatic hydroxyl groups excluding tert-OH is 1. The number of amides is 1. The van der Waals surface area contributed by atoms with Crippen molar-refractivity contribution in [2.75, 3.05) is 42.6 Å². The molecule has 8 heteroatoms. The Balaban J connectivity index is 1.50. The lowest BCUT2D eigenvalue weighted by Gasteiger charge is -2.33. The number of likely N-dealkylation sites (tertiary alicyclic amines) is 1. The maximum absolute atomic E-state index is 15.5. The average molecular weight is 537 g/mol. The summed E-state index contributed by atoms with van der Waals surface area (Å²) in [6.45, 7) is 5.18. The second-order valence-corrected chi connectivity index (χ2v) is 10.7. The van der Waals surface area contributed by atoms with Crippen molar-refractivity contribution in [3.63, 3.8) is 0 Å². The third kappa shape index (κ3) is 6.54. The highest BCUT2D eigenvalue weighted by Gasteiger charge is 2.44. The lowest BCUT2D eigenvalue weighted by molar-refractivity contribution is -0.120. The zero-order valence-corrected chi connectivity index (χ0v) is 22.4. The standard InChI is InChI=1S/C30H34ClFN4O2/c1-30(2,19-37)36-17-24(25(18-36)29(38)35-22-12-10-21(31)11-13-22)23-14-9-20(16-26(23)32)6-5-15-34-28-8-4-3-7-27(28)33/h3-14,16,24-25,34,37H,15,17-19,33H2,1-2H3,(H,35,38). The minimum absolute atomic E-state index is 0.0693. The lowest BCUT2D eigenvalue weighted by Crippen LogP contribution is -2.46. The molecule has 6 nitrogen and oxygen atoms in total. The Hall–Kier alpha value is -3.39. The summed E-state index contributed by atoms with van der Waals surface area (Å²) in [4.78, 5) is 15.4. The van der Waals surface area contributed by atoms with Crippen LogP contribution in [0.2, 0.25) is 5.02 Å². The fourth-order valence-corrected chi connectivity index (χ4v) is 4.84. The molecule has 0 saturated carbocycles. The van der Waals surface area contributed by atoms with Crippen molar-refractivity contribution in [1.82, 2.24) is 4.90 Å². The van der Waals surface area contributed by atoms with Crippen molar-refractivity contribution in [2.45, 2.75) is 25.3 Å². The van der Waals surface area contributed by atoms with Crippen LogP contribution in [0.4, 0.5) is 21.5 Å². The molecule has 0 aromatic heterocycles. The smallest absolute Gasteiger partial charge is 0.229 e. The number of rotatable bonds is 9. The van der Waals surface area contributed by atoms with Gasteiger partial charge in [-0.2, -0.15) is 0 Å². The number of hydrogen-bond acceptors (Lipinski definition) is 5. The molecule has 200 valence electrons. The second-order valence-electron chi connectivity index (χ2n) is 10.2. The first-order chi connectivity index (χ1) is 18.2. The van der Waals surface area contributed by atoms with Crippen molar-refractivity contribution < 1.29 is 14.3 Å². The summed E-state index contributed by atoms with van der Waals surface area (Å²) in [5.41, 5.74) is 8.77. The molecule has 2 atom stereocenters. The maximum Gasteiger partial charge on any atom is 0.229 e. The fourth-order valence-electron chi connectivity index (χ4n) is 4.72. The predicted molar refractivity (Wildman–Crippen MR) is 154 cm³/mol. The molecule has 1 saturated heterocycles. The van der Waals surface area contributed by atoms with E-state index in [9.17, 15) is 9.90 Å². The predicted octanol–water partition coefficient (Wildman–Crippen LogP) is 5.61. The van der Waals surface area contributed by atoms with Crippen LogP contribution in [-0.4, -0.2) is 47.7 Å². The van der Waals surface area contributed by atoms with Crippen LogP contribution in [-0.2, 0) is 4.79 Å². The van der Waals surface area contributed by atoms with Gasteiger partial charge in [0.1, 0.15) is 5.82 Å². The van der Waals surface area contributed by atoms with Gasteiger partial charge in [-0.05, 0) is 67.4 Å². The molecule has 0 radical (unpaired) electrons. The number of halogens is 2. The number of carbonyl (C=O) groups excluding carboxylic acids is 1. The molecule has 0 spiro atoms. The highest BCUT2D eigenvalue weighted by molar-refractivity contribution is 6.30. The minimum Gasteiger partial charge on any atom is -0.397 e. The SMILES string of the molecule is CC(C)(CO)N1CC(C(=O)Nc2ccc(Cl)cc2)C(c2ccc(C=CCNc3ccccc3N)cc2F)C1. The first kappa shape index (κ1) is 27.6. The summed E-state index contributed by atoms with van der Waals surface area (Å²) in [5, 5.41) is 16.7. The van der Waals surface area contributed by atoms with Crippen LogP contribution >= 0.6 is 11.6 Å². The van der Waals surface area contributed by atoms with Gasteiger partial charge in [-0.15, -0.1) is 0 Å². The summed E-state index contributed by atoms with van der Waals surface area (Å²) in [5.74, 6) is -1.41. The van der Waals surface area contributed by atoms with Gasteiger partial charge in [0, 0.05) is 41.8 Å². The first-order valence-corrected chi connectivity index (χ1v) is 13.0. The van der Waals surface area contributed by atoms with Crippen LogP contribution in [0.15, 0.2) is 72.8 Å². The molecule has 1 amide bonds. The second kappa shape index (κ2) is 12.0. The summed E-state index contributed by atoms with van der Waals surface area (Å²) < 4.78 is 15.5. The molecule has 3 aromatic carbocycles. The van der Waals surface area contributed by atoms with Gasteiger partial charge < -0.3 is 21.5 Å². The number of carbonyl (C=O) groups is 1. The summed E-state index contributed by atoms with van der Waals surface area (Å²) >= 11 is 5.97. The molecule has 3 aromatic rings. The number of nitrogens with two attached hydrogens (primary N) is 1. The molecular formula is C30H34ClFN4O2. The molecular weight excluding hydrogens is 503 g/mol. The zero-order valence-electron chi connectivity index (χ0n) is 21.6. The summed E-state index contributed by atoms with van der Waals surface area (Å²) in [7, 11) is 0. The Morgan fingerprint density at radius 2 is 1.89 bits per heavy atom. The third-order valence-electron chi connectivity index (χ3n) is 7.12. The number of benzene rings is 3. The Kier molecular flexibility index (Phi) is 8.72. The summed E-state index contributed by atoms with van der Waals surface area (Å²) in [6, 6.07) is 19.5. The molecule has 38 heavy (non-hydrogen) atoms. The topological polar surface area (TPSA) is 90.6 Å². The van der Waals surface area contributed by atoms with Crippen molar-refractivity contribution in [2.24, 2.45) is 5.92 Å². The summed E-state index contributed by atoms with van der Waals surface area (Å²) in [6.07, 6.45) is 3.75. The van der Waals surface area contributed by atoms with E-state index < -0.39 is 11.5 Å². The number of aliphatic hydroxyl groups is 1. The number of nitrogens with zero attached hydrogens (tertiary/aromatic N) is 1. The quantitative estimate of drug-likeness (QED) is 0.267. The van der Waals surface area contributed by atoms with Crippen molar-refractivity contribution >= 4 is 40.6 Å². The number of anilines is 3. The molecule has 1 heterocycles. The van der Waals surface area contributed by atoms with Gasteiger partial charge in [0.25, 0.3) is 0 Å². The largest absolute Gasteiger partial charge is 0.397 e. The Bertz CT molecular complexity index is 1300. The molecule has 1 aliphatic rings. The van der Waals surface area contributed by atoms with Gasteiger partial charge >= 0.3 is 0 Å². The van der Waals surface area contributed by atoms with Gasteiger partial charge in [-0.25, -0.2) is 4.39 Å². The van der Waals surface area contributed by atoms with E-state index in [1.54, 1.807) is 30.3 Å². The molecule has 1 aliphatic heterocycles. The van der Waals surface area contributed by atoms with Crippen molar-refractivity contribution in [3.05, 3.63) is 94.8 Å². The number of nitrogens with one attached hydrogen (secondary N) is 2. The van der Waals surface area contributed by atoms with Crippen molar-refractivity contribution in [1.29, 1.82) is 0 Å². The normalized spacial score (nSPS) is 18.1. The van der Waals surface area contributed by atoms with Crippen LogP contribution < -0.4 is 16.4 Å². The number of para-hydroxylation sites is 2. The molecule has 4 rings (SSSR count). The van der Waals surface area contributed by atoms with Gasteiger partial charge in [0.15, 0.2) is 0 Å². The average Bonchev–Trinajstić information content (AvgIpc) is 3.35. The molecule has 1 fully saturated rings.